The normalized spacial score (nSPS) is 12.5. The molecule has 1 N–H and O–H groups in total. The van der Waals surface area contributed by atoms with Crippen LogP contribution in [-0.2, 0) is 6.61 Å². The van der Waals surface area contributed by atoms with E-state index in [2.05, 4.69) is 13.0 Å². The quantitative estimate of drug-likeness (QED) is 0.117. The van der Waals surface area contributed by atoms with Crippen molar-refractivity contribution in [2.45, 2.75) is 89.1 Å². The molecule has 0 fully saturated rings. The third-order valence-corrected chi connectivity index (χ3v) is 8.87. The fourth-order valence-corrected chi connectivity index (χ4v) is 6.33. The second-order valence-corrected chi connectivity index (χ2v) is 11.9. The molecule has 0 saturated heterocycles. The van der Waals surface area contributed by atoms with Crippen molar-refractivity contribution < 1.29 is 24.1 Å². The van der Waals surface area contributed by atoms with Gasteiger partial charge in [0.1, 0.15) is 12.7 Å². The number of hydrogen-bond acceptors (Lipinski definition) is 6. The molecule has 6 heteroatoms. The molecule has 3 aromatic carbocycles. The lowest BCUT2D eigenvalue weighted by molar-refractivity contribution is 0.110. The van der Waals surface area contributed by atoms with E-state index in [1.807, 2.05) is 78.5 Å². The van der Waals surface area contributed by atoms with Crippen molar-refractivity contribution in [1.29, 1.82) is 0 Å². The first-order chi connectivity index (χ1) is 20.7. The van der Waals surface area contributed by atoms with Gasteiger partial charge in [0, 0.05) is 0 Å². The minimum Gasteiger partial charge on any atom is -0.493 e. The Hall–Kier alpha value is -2.83. The van der Waals surface area contributed by atoms with Gasteiger partial charge in [-0.3, -0.25) is 0 Å². The fraction of sp³-hybridized carbons (Fsp3) is 0.500. The van der Waals surface area contributed by atoms with Crippen molar-refractivity contribution in [3.05, 3.63) is 83.9 Å². The van der Waals surface area contributed by atoms with Crippen LogP contribution in [0.1, 0.15) is 87.5 Å². The van der Waals surface area contributed by atoms with Gasteiger partial charge in [-0.1, -0.05) is 113 Å². The van der Waals surface area contributed by atoms with Gasteiger partial charge in [0.05, 0.1) is 26.1 Å². The molecule has 0 amide bonds. The zero-order valence-corrected chi connectivity index (χ0v) is 26.6. The lowest BCUT2D eigenvalue weighted by atomic mass is 10.1. The van der Waals surface area contributed by atoms with Crippen LogP contribution >= 0.6 is 11.8 Å². The molecule has 5 nitrogen and oxygen atoms in total. The summed E-state index contributed by atoms with van der Waals surface area (Å²) < 4.78 is 23.8. The van der Waals surface area contributed by atoms with Gasteiger partial charge in [-0.2, -0.15) is 0 Å². The van der Waals surface area contributed by atoms with E-state index >= 15 is 0 Å². The number of aliphatic hydroxyl groups is 1. The van der Waals surface area contributed by atoms with Crippen LogP contribution in [0.3, 0.4) is 0 Å². The Balaban J connectivity index is 1.66. The van der Waals surface area contributed by atoms with E-state index in [9.17, 15) is 5.11 Å². The summed E-state index contributed by atoms with van der Waals surface area (Å²) in [5, 5.41) is 10.4. The first-order valence-corrected chi connectivity index (χ1v) is 16.6. The van der Waals surface area contributed by atoms with Gasteiger partial charge in [-0.05, 0) is 47.6 Å². The third kappa shape index (κ3) is 11.4. The molecule has 0 radical (unpaired) electrons. The van der Waals surface area contributed by atoms with E-state index in [1.165, 1.54) is 57.8 Å². The number of aliphatic hydroxyl groups excluding tert-OH is 1. The maximum absolute atomic E-state index is 10.5. The standard InChI is InChI=1S/C36H50O5S/c1-4-5-6-7-8-9-10-11-12-18-25-42-36(35(27-37)41-33-22-17-16-21-31(33)38-2)30-23-24-32(34(26-30)39-3)40-28-29-19-14-13-15-20-29/h13-17,19-24,26,35-37H,4-12,18,25,27-28H2,1-3H3. The summed E-state index contributed by atoms with van der Waals surface area (Å²) in [5.74, 6) is 3.62. The summed E-state index contributed by atoms with van der Waals surface area (Å²) in [6.45, 7) is 2.61. The number of rotatable bonds is 22. The molecule has 3 rings (SSSR count). The Kier molecular flexibility index (Phi) is 16.1. The number of hydrogen-bond donors (Lipinski definition) is 1. The third-order valence-electron chi connectivity index (χ3n) is 7.41. The number of benzene rings is 3. The van der Waals surface area contributed by atoms with Crippen molar-refractivity contribution in [2.75, 3.05) is 26.6 Å². The largest absolute Gasteiger partial charge is 0.493 e. The van der Waals surface area contributed by atoms with Crippen LogP contribution in [0.15, 0.2) is 72.8 Å². The summed E-state index contributed by atoms with van der Waals surface area (Å²) in [4.78, 5) is 0. The van der Waals surface area contributed by atoms with Crippen molar-refractivity contribution >= 4 is 11.8 Å². The van der Waals surface area contributed by atoms with E-state index in [4.69, 9.17) is 18.9 Å². The summed E-state index contributed by atoms with van der Waals surface area (Å²) in [6, 6.07) is 23.7. The molecule has 0 aromatic heterocycles. The zero-order valence-electron chi connectivity index (χ0n) is 25.8. The summed E-state index contributed by atoms with van der Waals surface area (Å²) in [7, 11) is 3.29. The first-order valence-electron chi connectivity index (χ1n) is 15.6. The maximum Gasteiger partial charge on any atom is 0.161 e. The van der Waals surface area contributed by atoms with E-state index in [0.717, 1.165) is 23.3 Å². The van der Waals surface area contributed by atoms with E-state index in [0.29, 0.717) is 29.6 Å². The van der Waals surface area contributed by atoms with Crippen molar-refractivity contribution in [2.24, 2.45) is 0 Å². The predicted molar refractivity (Wildman–Crippen MR) is 175 cm³/mol. The highest BCUT2D eigenvalue weighted by atomic mass is 32.2. The molecule has 2 unspecified atom stereocenters. The highest BCUT2D eigenvalue weighted by molar-refractivity contribution is 7.99. The molecule has 0 heterocycles. The molecule has 0 bridgehead atoms. The predicted octanol–water partition coefficient (Wildman–Crippen LogP) is 9.42. The average molecular weight is 595 g/mol. The number of thioether (sulfide) groups is 1. The van der Waals surface area contributed by atoms with Gasteiger partial charge in [0.2, 0.25) is 0 Å². The number of unbranched alkanes of at least 4 members (excludes halogenated alkanes) is 9. The molecule has 0 aliphatic heterocycles. The Morgan fingerprint density at radius 3 is 1.93 bits per heavy atom. The Labute approximate surface area is 257 Å². The molecule has 230 valence electrons. The number of ether oxygens (including phenoxy) is 4. The molecule has 2 atom stereocenters. The van der Waals surface area contributed by atoms with Crippen LogP contribution in [-0.4, -0.2) is 37.8 Å². The highest BCUT2D eigenvalue weighted by Gasteiger charge is 2.27. The van der Waals surface area contributed by atoms with E-state index < -0.39 is 6.10 Å². The molecular formula is C36H50O5S. The fourth-order valence-electron chi connectivity index (χ4n) is 5.01. The summed E-state index contributed by atoms with van der Waals surface area (Å²) in [5.41, 5.74) is 2.13. The van der Waals surface area contributed by atoms with Crippen LogP contribution in [0.25, 0.3) is 0 Å². The van der Waals surface area contributed by atoms with Gasteiger partial charge in [0.15, 0.2) is 23.0 Å². The van der Waals surface area contributed by atoms with Crippen LogP contribution in [0, 0.1) is 0 Å². The van der Waals surface area contributed by atoms with Gasteiger partial charge < -0.3 is 24.1 Å². The average Bonchev–Trinajstić information content (AvgIpc) is 3.04. The van der Waals surface area contributed by atoms with Gasteiger partial charge in [-0.25, -0.2) is 0 Å². The highest BCUT2D eigenvalue weighted by Crippen LogP contribution is 2.40. The number of para-hydroxylation sites is 2. The van der Waals surface area contributed by atoms with E-state index in [1.54, 1.807) is 14.2 Å². The topological polar surface area (TPSA) is 57.2 Å². The van der Waals surface area contributed by atoms with Crippen LogP contribution < -0.4 is 18.9 Å². The minimum atomic E-state index is -0.463. The van der Waals surface area contributed by atoms with Crippen molar-refractivity contribution in [3.8, 4) is 23.0 Å². The first kappa shape index (κ1) is 33.7. The molecule has 0 spiro atoms. The maximum atomic E-state index is 10.5. The molecule has 0 aliphatic carbocycles. The second kappa shape index (κ2) is 20.1. The van der Waals surface area contributed by atoms with Gasteiger partial charge >= 0.3 is 0 Å². The SMILES string of the molecule is CCCCCCCCCCCCSC(c1ccc(OCc2ccccc2)c(OC)c1)C(CO)Oc1ccccc1OC. The molecule has 3 aromatic rings. The molecular weight excluding hydrogens is 544 g/mol. The monoisotopic (exact) mass is 594 g/mol. The van der Waals surface area contributed by atoms with Gasteiger partial charge in [-0.15, -0.1) is 11.8 Å². The Morgan fingerprint density at radius 1 is 0.667 bits per heavy atom. The van der Waals surface area contributed by atoms with Crippen LogP contribution in [0.4, 0.5) is 0 Å². The second-order valence-electron chi connectivity index (χ2n) is 10.6. The Bertz CT molecular complexity index is 1120. The summed E-state index contributed by atoms with van der Waals surface area (Å²) >= 11 is 1.83. The van der Waals surface area contributed by atoms with Crippen molar-refractivity contribution in [3.63, 3.8) is 0 Å². The zero-order chi connectivity index (χ0) is 29.8. The summed E-state index contributed by atoms with van der Waals surface area (Å²) in [6.07, 6.45) is 12.6. The van der Waals surface area contributed by atoms with Crippen molar-refractivity contribution in [1.82, 2.24) is 0 Å². The lowest BCUT2D eigenvalue weighted by Gasteiger charge is -2.28. The minimum absolute atomic E-state index is 0.101. The number of methoxy groups -OCH3 is 2. The van der Waals surface area contributed by atoms with Crippen LogP contribution in [0.5, 0.6) is 23.0 Å². The van der Waals surface area contributed by atoms with Crippen LogP contribution in [0.2, 0.25) is 0 Å². The molecule has 0 aliphatic rings. The molecule has 0 saturated carbocycles. The Morgan fingerprint density at radius 2 is 1.29 bits per heavy atom. The lowest BCUT2D eigenvalue weighted by Crippen LogP contribution is -2.28. The molecule has 42 heavy (non-hydrogen) atoms. The van der Waals surface area contributed by atoms with E-state index in [-0.39, 0.29) is 11.9 Å². The smallest absolute Gasteiger partial charge is 0.161 e. The van der Waals surface area contributed by atoms with Gasteiger partial charge in [0.25, 0.3) is 0 Å².